The van der Waals surface area contributed by atoms with Gasteiger partial charge in [-0.2, -0.15) is 0 Å². The fraction of sp³-hybridized carbons (Fsp3) is 0.286. The first-order valence-electron chi connectivity index (χ1n) is 8.56. The standard InChI is InChI=1S/C21H23NO4/c1-22(2)11-4-12-25-17-9-10-18-19(14-17)26-20(21(18)23)13-15-5-7-16(24-3)8-6-15/h5-10,13-14H,4,11-12H2,1-3H3/b20-13-. The highest BCUT2D eigenvalue weighted by atomic mass is 16.5. The van der Waals surface area contributed by atoms with Crippen molar-refractivity contribution in [2.24, 2.45) is 0 Å². The van der Waals surface area contributed by atoms with Crippen molar-refractivity contribution in [1.82, 2.24) is 4.90 Å². The molecular weight excluding hydrogens is 330 g/mol. The number of methoxy groups -OCH3 is 1. The van der Waals surface area contributed by atoms with Gasteiger partial charge < -0.3 is 19.1 Å². The third-order valence-electron chi connectivity index (χ3n) is 4.07. The molecule has 0 radical (unpaired) electrons. The molecule has 0 bridgehead atoms. The number of ketones is 1. The van der Waals surface area contributed by atoms with Crippen molar-refractivity contribution in [1.29, 1.82) is 0 Å². The molecule has 5 heteroatoms. The normalized spacial score (nSPS) is 14.5. The lowest BCUT2D eigenvalue weighted by atomic mass is 10.1. The Morgan fingerprint density at radius 2 is 1.81 bits per heavy atom. The van der Waals surface area contributed by atoms with Crippen LogP contribution in [0, 0.1) is 0 Å². The summed E-state index contributed by atoms with van der Waals surface area (Å²) in [7, 11) is 5.69. The Kier molecular flexibility index (Phi) is 5.58. The summed E-state index contributed by atoms with van der Waals surface area (Å²) in [4.78, 5) is 14.6. The van der Waals surface area contributed by atoms with Crippen LogP contribution in [0.3, 0.4) is 0 Å². The van der Waals surface area contributed by atoms with Crippen LogP contribution >= 0.6 is 0 Å². The van der Waals surface area contributed by atoms with E-state index in [0.29, 0.717) is 29.4 Å². The van der Waals surface area contributed by atoms with Gasteiger partial charge in [-0.3, -0.25) is 4.79 Å². The Morgan fingerprint density at radius 1 is 1.08 bits per heavy atom. The Balaban J connectivity index is 1.68. The van der Waals surface area contributed by atoms with Gasteiger partial charge in [0.15, 0.2) is 5.76 Å². The molecule has 26 heavy (non-hydrogen) atoms. The zero-order chi connectivity index (χ0) is 18.5. The quantitative estimate of drug-likeness (QED) is 0.562. The number of carbonyl (C=O) groups is 1. The molecule has 0 N–H and O–H groups in total. The van der Waals surface area contributed by atoms with Crippen LogP contribution in [-0.4, -0.2) is 45.0 Å². The SMILES string of the molecule is COc1ccc(/C=C2\Oc3cc(OCCCN(C)C)ccc3C2=O)cc1. The molecule has 5 nitrogen and oxygen atoms in total. The summed E-state index contributed by atoms with van der Waals surface area (Å²) in [6.07, 6.45) is 2.67. The second-order valence-electron chi connectivity index (χ2n) is 6.38. The second kappa shape index (κ2) is 8.06. The van der Waals surface area contributed by atoms with Crippen molar-refractivity contribution in [3.8, 4) is 17.2 Å². The minimum atomic E-state index is -0.116. The molecule has 0 amide bonds. The highest BCUT2D eigenvalue weighted by molar-refractivity contribution is 6.14. The maximum atomic E-state index is 12.5. The highest BCUT2D eigenvalue weighted by Gasteiger charge is 2.27. The molecule has 2 aromatic carbocycles. The molecule has 0 unspecified atom stereocenters. The Morgan fingerprint density at radius 3 is 2.50 bits per heavy atom. The van der Waals surface area contributed by atoms with E-state index < -0.39 is 0 Å². The summed E-state index contributed by atoms with van der Waals surface area (Å²) in [5, 5.41) is 0. The zero-order valence-corrected chi connectivity index (χ0v) is 15.3. The molecule has 0 aliphatic carbocycles. The van der Waals surface area contributed by atoms with Gasteiger partial charge >= 0.3 is 0 Å². The van der Waals surface area contributed by atoms with E-state index in [0.717, 1.165) is 24.3 Å². The summed E-state index contributed by atoms with van der Waals surface area (Å²) in [5.41, 5.74) is 1.44. The molecule has 136 valence electrons. The van der Waals surface area contributed by atoms with Gasteiger partial charge in [0.05, 0.1) is 19.3 Å². The van der Waals surface area contributed by atoms with E-state index in [2.05, 4.69) is 4.90 Å². The lowest BCUT2D eigenvalue weighted by Gasteiger charge is -2.10. The smallest absolute Gasteiger partial charge is 0.231 e. The fourth-order valence-electron chi connectivity index (χ4n) is 2.68. The number of carbonyl (C=O) groups excluding carboxylic acids is 1. The fourth-order valence-corrected chi connectivity index (χ4v) is 2.68. The van der Waals surface area contributed by atoms with Crippen LogP contribution in [0.15, 0.2) is 48.2 Å². The van der Waals surface area contributed by atoms with E-state index in [-0.39, 0.29) is 5.78 Å². The van der Waals surface area contributed by atoms with Gasteiger partial charge in [-0.15, -0.1) is 0 Å². The number of rotatable bonds is 7. The van der Waals surface area contributed by atoms with Crippen molar-refractivity contribution in [2.45, 2.75) is 6.42 Å². The third-order valence-corrected chi connectivity index (χ3v) is 4.07. The van der Waals surface area contributed by atoms with Crippen molar-refractivity contribution in [2.75, 3.05) is 34.4 Å². The van der Waals surface area contributed by atoms with E-state index in [1.165, 1.54) is 0 Å². The molecule has 2 aromatic rings. The zero-order valence-electron chi connectivity index (χ0n) is 15.3. The summed E-state index contributed by atoms with van der Waals surface area (Å²) < 4.78 is 16.6. The molecule has 0 atom stereocenters. The van der Waals surface area contributed by atoms with Gasteiger partial charge in [0.25, 0.3) is 0 Å². The van der Waals surface area contributed by atoms with Crippen LogP contribution in [0.1, 0.15) is 22.3 Å². The van der Waals surface area contributed by atoms with E-state index in [4.69, 9.17) is 14.2 Å². The van der Waals surface area contributed by atoms with Crippen molar-refractivity contribution < 1.29 is 19.0 Å². The van der Waals surface area contributed by atoms with E-state index in [1.807, 2.05) is 44.4 Å². The van der Waals surface area contributed by atoms with Crippen LogP contribution < -0.4 is 14.2 Å². The minimum absolute atomic E-state index is 0.116. The monoisotopic (exact) mass is 353 g/mol. The first-order chi connectivity index (χ1) is 12.6. The number of ether oxygens (including phenoxy) is 3. The van der Waals surface area contributed by atoms with Gasteiger partial charge in [0.2, 0.25) is 5.78 Å². The average molecular weight is 353 g/mol. The maximum absolute atomic E-state index is 12.5. The number of hydrogen-bond acceptors (Lipinski definition) is 5. The number of hydrogen-bond donors (Lipinski definition) is 0. The molecule has 0 spiro atoms. The predicted molar refractivity (Wildman–Crippen MR) is 101 cm³/mol. The van der Waals surface area contributed by atoms with Gasteiger partial charge in [-0.25, -0.2) is 0 Å². The number of allylic oxidation sites excluding steroid dienone is 1. The summed E-state index contributed by atoms with van der Waals surface area (Å²) in [6.45, 7) is 1.59. The number of benzene rings is 2. The molecule has 0 saturated carbocycles. The van der Waals surface area contributed by atoms with Crippen LogP contribution in [0.25, 0.3) is 6.08 Å². The molecule has 0 saturated heterocycles. The van der Waals surface area contributed by atoms with Gasteiger partial charge in [-0.1, -0.05) is 12.1 Å². The largest absolute Gasteiger partial charge is 0.497 e. The van der Waals surface area contributed by atoms with Crippen molar-refractivity contribution >= 4 is 11.9 Å². The Bertz CT molecular complexity index is 809. The first kappa shape index (κ1) is 18.0. The van der Waals surface area contributed by atoms with Crippen molar-refractivity contribution in [3.05, 3.63) is 59.4 Å². The van der Waals surface area contributed by atoms with Crippen LogP contribution in [0.5, 0.6) is 17.2 Å². The highest BCUT2D eigenvalue weighted by Crippen LogP contribution is 2.35. The third kappa shape index (κ3) is 4.24. The predicted octanol–water partition coefficient (Wildman–Crippen LogP) is 3.64. The van der Waals surface area contributed by atoms with Crippen molar-refractivity contribution in [3.63, 3.8) is 0 Å². The maximum Gasteiger partial charge on any atom is 0.231 e. The van der Waals surface area contributed by atoms with E-state index in [9.17, 15) is 4.79 Å². The lowest BCUT2D eigenvalue weighted by molar-refractivity contribution is 0.101. The Hall–Kier alpha value is -2.79. The molecule has 1 heterocycles. The first-order valence-corrected chi connectivity index (χ1v) is 8.56. The molecular formula is C21H23NO4. The average Bonchev–Trinajstić information content (AvgIpc) is 2.94. The molecule has 3 rings (SSSR count). The van der Waals surface area contributed by atoms with Gasteiger partial charge in [-0.05, 0) is 56.4 Å². The summed E-state index contributed by atoms with van der Waals surface area (Å²) >= 11 is 0. The van der Waals surface area contributed by atoms with Crippen LogP contribution in [-0.2, 0) is 0 Å². The lowest BCUT2D eigenvalue weighted by Crippen LogP contribution is -2.15. The minimum Gasteiger partial charge on any atom is -0.497 e. The van der Waals surface area contributed by atoms with Crippen LogP contribution in [0.2, 0.25) is 0 Å². The summed E-state index contributed by atoms with van der Waals surface area (Å²) in [5.74, 6) is 2.22. The second-order valence-corrected chi connectivity index (χ2v) is 6.38. The molecule has 0 aromatic heterocycles. The molecule has 0 fully saturated rings. The number of fused-ring (bicyclic) bond motifs is 1. The number of Topliss-reactive ketones (excluding diaryl/α,β-unsaturated/α-hetero) is 1. The summed E-state index contributed by atoms with van der Waals surface area (Å²) in [6, 6.07) is 12.8. The molecule has 1 aliphatic heterocycles. The molecule has 1 aliphatic rings. The van der Waals surface area contributed by atoms with Gasteiger partial charge in [0.1, 0.15) is 17.2 Å². The van der Waals surface area contributed by atoms with E-state index in [1.54, 1.807) is 25.3 Å². The van der Waals surface area contributed by atoms with Gasteiger partial charge in [0, 0.05) is 12.6 Å². The Labute approximate surface area is 153 Å². The topological polar surface area (TPSA) is 48.0 Å². The number of nitrogens with zero attached hydrogens (tertiary/aromatic N) is 1. The van der Waals surface area contributed by atoms with Crippen LogP contribution in [0.4, 0.5) is 0 Å². The van der Waals surface area contributed by atoms with E-state index >= 15 is 0 Å².